The fraction of sp³-hybridized carbons (Fsp3) is 0.632. The summed E-state index contributed by atoms with van der Waals surface area (Å²) < 4.78 is 11.6. The van der Waals surface area contributed by atoms with E-state index in [1.54, 1.807) is 7.11 Å². The summed E-state index contributed by atoms with van der Waals surface area (Å²) in [5.74, 6) is 0.977. The van der Waals surface area contributed by atoms with Crippen molar-refractivity contribution in [3.05, 3.63) is 29.8 Å². The highest BCUT2D eigenvalue weighted by molar-refractivity contribution is 6.74. The molecule has 0 saturated carbocycles. The number of benzene rings is 1. The second kappa shape index (κ2) is 7.27. The number of ether oxygens (including phenoxy) is 1. The summed E-state index contributed by atoms with van der Waals surface area (Å²) in [5.41, 5.74) is 1.12. The lowest BCUT2D eigenvalue weighted by molar-refractivity contribution is -0.143. The number of carbonyl (C=O) groups excluding carboxylic acids is 1. The van der Waals surface area contributed by atoms with Crippen molar-refractivity contribution in [3.63, 3.8) is 0 Å². The third-order valence-electron chi connectivity index (χ3n) is 5.26. The molecule has 1 heterocycles. The molecule has 0 bridgehead atoms. The van der Waals surface area contributed by atoms with Gasteiger partial charge in [0.1, 0.15) is 11.9 Å². The first-order valence-corrected chi connectivity index (χ1v) is 11.6. The van der Waals surface area contributed by atoms with Gasteiger partial charge in [0.15, 0.2) is 8.32 Å². The maximum Gasteiger partial charge on any atom is 0.250 e. The minimum absolute atomic E-state index is 0.117. The molecule has 24 heavy (non-hydrogen) atoms. The summed E-state index contributed by atoms with van der Waals surface area (Å²) in [7, 11) is -0.273. The van der Waals surface area contributed by atoms with Crippen LogP contribution >= 0.6 is 0 Å². The van der Waals surface area contributed by atoms with Gasteiger partial charge in [-0.2, -0.15) is 0 Å². The maximum absolute atomic E-state index is 12.9. The van der Waals surface area contributed by atoms with E-state index in [-0.39, 0.29) is 17.0 Å². The predicted octanol–water partition coefficient (Wildman–Crippen LogP) is 4.21. The van der Waals surface area contributed by atoms with Crippen molar-refractivity contribution in [2.24, 2.45) is 0 Å². The number of carbonyl (C=O) groups is 1. The van der Waals surface area contributed by atoms with E-state index >= 15 is 0 Å². The van der Waals surface area contributed by atoms with Gasteiger partial charge in [-0.1, -0.05) is 32.9 Å². The first-order valence-electron chi connectivity index (χ1n) is 8.73. The molecule has 0 aromatic heterocycles. The minimum Gasteiger partial charge on any atom is -0.497 e. The Morgan fingerprint density at radius 3 is 2.38 bits per heavy atom. The molecule has 0 N–H and O–H groups in total. The maximum atomic E-state index is 12.9. The molecule has 1 aliphatic rings. The lowest BCUT2D eigenvalue weighted by Crippen LogP contribution is -2.51. The zero-order chi connectivity index (χ0) is 18.0. The Morgan fingerprint density at radius 2 is 1.83 bits per heavy atom. The Kier molecular flexibility index (Phi) is 5.76. The van der Waals surface area contributed by atoms with E-state index in [0.29, 0.717) is 6.54 Å². The van der Waals surface area contributed by atoms with E-state index in [2.05, 4.69) is 33.9 Å². The molecule has 1 aliphatic heterocycles. The quantitative estimate of drug-likeness (QED) is 0.748. The predicted molar refractivity (Wildman–Crippen MR) is 99.7 cm³/mol. The van der Waals surface area contributed by atoms with Crippen LogP contribution in [-0.2, 0) is 15.8 Å². The summed E-state index contributed by atoms with van der Waals surface area (Å²) in [4.78, 5) is 14.8. The van der Waals surface area contributed by atoms with E-state index in [0.717, 1.165) is 30.7 Å². The average molecular weight is 350 g/mol. The van der Waals surface area contributed by atoms with Gasteiger partial charge in [-0.05, 0) is 48.7 Å². The highest BCUT2D eigenvalue weighted by Crippen LogP contribution is 2.38. The van der Waals surface area contributed by atoms with E-state index in [1.165, 1.54) is 0 Å². The smallest absolute Gasteiger partial charge is 0.250 e. The van der Waals surface area contributed by atoms with Crippen molar-refractivity contribution < 1.29 is 14.0 Å². The molecule has 5 heteroatoms. The first kappa shape index (κ1) is 19.0. The molecule has 2 rings (SSSR count). The number of likely N-dealkylation sites (tertiary alicyclic amines) is 1. The van der Waals surface area contributed by atoms with Crippen molar-refractivity contribution in [1.82, 2.24) is 4.90 Å². The molecule has 134 valence electrons. The molecule has 1 saturated heterocycles. The lowest BCUT2D eigenvalue weighted by atomic mass is 10.1. The van der Waals surface area contributed by atoms with Crippen LogP contribution in [0, 0.1) is 0 Å². The van der Waals surface area contributed by atoms with Gasteiger partial charge in [0.25, 0.3) is 5.91 Å². The van der Waals surface area contributed by atoms with Gasteiger partial charge in [0.05, 0.1) is 7.11 Å². The average Bonchev–Trinajstić information content (AvgIpc) is 2.51. The molecular weight excluding hydrogens is 318 g/mol. The van der Waals surface area contributed by atoms with Crippen LogP contribution in [0.4, 0.5) is 0 Å². The van der Waals surface area contributed by atoms with Crippen LogP contribution in [0.15, 0.2) is 24.3 Å². The zero-order valence-electron chi connectivity index (χ0n) is 15.9. The van der Waals surface area contributed by atoms with Gasteiger partial charge in [0, 0.05) is 13.1 Å². The molecule has 1 atom stereocenters. The Morgan fingerprint density at radius 1 is 1.21 bits per heavy atom. The van der Waals surface area contributed by atoms with Crippen molar-refractivity contribution in [2.45, 2.75) is 64.4 Å². The zero-order valence-corrected chi connectivity index (χ0v) is 16.9. The van der Waals surface area contributed by atoms with Gasteiger partial charge in [0.2, 0.25) is 0 Å². The summed E-state index contributed by atoms with van der Waals surface area (Å²) in [6.45, 7) is 12.5. The van der Waals surface area contributed by atoms with Gasteiger partial charge < -0.3 is 14.1 Å². The fourth-order valence-electron chi connectivity index (χ4n) is 2.65. The van der Waals surface area contributed by atoms with Gasteiger partial charge in [-0.15, -0.1) is 0 Å². The largest absolute Gasteiger partial charge is 0.497 e. The summed E-state index contributed by atoms with van der Waals surface area (Å²) in [6, 6.07) is 7.91. The molecule has 4 nitrogen and oxygen atoms in total. The second-order valence-corrected chi connectivity index (χ2v) is 12.9. The Bertz CT molecular complexity index is 563. The Hall–Kier alpha value is -1.33. The van der Waals surface area contributed by atoms with Crippen LogP contribution in [0.25, 0.3) is 0 Å². The Labute approximate surface area is 147 Å². The number of hydrogen-bond donors (Lipinski definition) is 0. The van der Waals surface area contributed by atoms with Gasteiger partial charge >= 0.3 is 0 Å². The molecule has 1 amide bonds. The Balaban J connectivity index is 2.04. The highest BCUT2D eigenvalue weighted by Gasteiger charge is 2.42. The number of nitrogens with zero attached hydrogens (tertiary/aromatic N) is 1. The highest BCUT2D eigenvalue weighted by atomic mass is 28.4. The molecule has 0 aliphatic carbocycles. The second-order valence-electron chi connectivity index (χ2n) is 8.12. The summed E-state index contributed by atoms with van der Waals surface area (Å²) in [6.07, 6.45) is 1.56. The van der Waals surface area contributed by atoms with E-state index in [9.17, 15) is 4.79 Å². The minimum atomic E-state index is -1.93. The van der Waals surface area contributed by atoms with Crippen molar-refractivity contribution in [1.29, 1.82) is 0 Å². The molecule has 0 radical (unpaired) electrons. The van der Waals surface area contributed by atoms with Crippen molar-refractivity contribution >= 4 is 14.2 Å². The van der Waals surface area contributed by atoms with Crippen LogP contribution < -0.4 is 4.74 Å². The monoisotopic (exact) mass is 349 g/mol. The molecule has 0 spiro atoms. The topological polar surface area (TPSA) is 38.8 Å². The summed E-state index contributed by atoms with van der Waals surface area (Å²) in [5, 5.41) is 0.117. The molecule has 0 unspecified atom stereocenters. The molecule has 1 aromatic rings. The van der Waals surface area contributed by atoms with Gasteiger partial charge in [-0.25, -0.2) is 0 Å². The SMILES string of the molecule is COc1ccc(CN2CCC[C@H](O[Si](C)(C)C(C)(C)C)C2=O)cc1. The molecule has 1 aromatic carbocycles. The van der Waals surface area contributed by atoms with Crippen molar-refractivity contribution in [2.75, 3.05) is 13.7 Å². The molecule has 1 fully saturated rings. The summed E-state index contributed by atoms with van der Waals surface area (Å²) >= 11 is 0. The fourth-order valence-corrected chi connectivity index (χ4v) is 3.94. The van der Waals surface area contributed by atoms with Crippen molar-refractivity contribution in [3.8, 4) is 5.75 Å². The van der Waals surface area contributed by atoms with Gasteiger partial charge in [-0.3, -0.25) is 4.79 Å². The van der Waals surface area contributed by atoms with E-state index < -0.39 is 8.32 Å². The lowest BCUT2D eigenvalue weighted by Gasteiger charge is -2.41. The number of methoxy groups -OCH3 is 1. The third-order valence-corrected chi connectivity index (χ3v) is 9.74. The van der Waals surface area contributed by atoms with E-state index in [4.69, 9.17) is 9.16 Å². The van der Waals surface area contributed by atoms with Crippen LogP contribution in [0.5, 0.6) is 5.75 Å². The first-order chi connectivity index (χ1) is 11.1. The standard InChI is InChI=1S/C19H31NO3Si/c1-19(2,3)24(5,6)23-17-8-7-13-20(18(17)21)14-15-9-11-16(22-4)12-10-15/h9-12,17H,7-8,13-14H2,1-6H3/t17-/m0/s1. The molecular formula is C19H31NO3Si. The van der Waals surface area contributed by atoms with Crippen LogP contribution in [0.1, 0.15) is 39.2 Å². The number of piperidine rings is 1. The number of hydrogen-bond acceptors (Lipinski definition) is 3. The van der Waals surface area contributed by atoms with Crippen LogP contribution in [0.2, 0.25) is 18.1 Å². The van der Waals surface area contributed by atoms with Crippen LogP contribution in [-0.4, -0.2) is 38.9 Å². The number of amides is 1. The van der Waals surface area contributed by atoms with Crippen LogP contribution in [0.3, 0.4) is 0 Å². The third kappa shape index (κ3) is 4.39. The number of rotatable bonds is 5. The van der Waals surface area contributed by atoms with E-state index in [1.807, 2.05) is 29.2 Å². The normalized spacial score (nSPS) is 19.5.